The van der Waals surface area contributed by atoms with Gasteiger partial charge in [0.2, 0.25) is 5.91 Å². The lowest BCUT2D eigenvalue weighted by atomic mass is 9.88. The van der Waals surface area contributed by atoms with Gasteiger partial charge in [0, 0.05) is 50.6 Å². The maximum atomic E-state index is 13.4. The minimum atomic E-state index is -0.333. The van der Waals surface area contributed by atoms with Gasteiger partial charge in [-0.3, -0.25) is 19.8 Å². The first kappa shape index (κ1) is 32.0. The number of rotatable bonds is 9. The summed E-state index contributed by atoms with van der Waals surface area (Å²) in [4.78, 5) is 47.1. The zero-order chi connectivity index (χ0) is 30.4. The van der Waals surface area contributed by atoms with Crippen LogP contribution in [-0.2, 0) is 11.2 Å². The second-order valence-corrected chi connectivity index (χ2v) is 13.9. The Hall–Kier alpha value is -2.89. The summed E-state index contributed by atoms with van der Waals surface area (Å²) < 4.78 is 13.4. The van der Waals surface area contributed by atoms with Gasteiger partial charge in [-0.15, -0.1) is 0 Å². The average Bonchev–Trinajstić information content (AvgIpc) is 3.26. The van der Waals surface area contributed by atoms with Gasteiger partial charge < -0.3 is 15.5 Å². The number of nitrogens with zero attached hydrogens (tertiary/aromatic N) is 3. The number of thiazole rings is 1. The summed E-state index contributed by atoms with van der Waals surface area (Å²) in [5.74, 6) is 0.333. The Morgan fingerprint density at radius 3 is 2.48 bits per heavy atom. The maximum Gasteiger partial charge on any atom is 0.321 e. The van der Waals surface area contributed by atoms with E-state index in [4.69, 9.17) is 0 Å². The number of nitrogens with one attached hydrogen (secondary N) is 3. The number of Topliss-reactive ketones (excluding diaryl/α,β-unsaturated/α-hetero) is 1. The molecule has 230 valence electrons. The Labute approximate surface area is 252 Å². The van der Waals surface area contributed by atoms with Crippen LogP contribution in [0, 0.1) is 24.6 Å². The Morgan fingerprint density at radius 2 is 1.81 bits per heavy atom. The van der Waals surface area contributed by atoms with Crippen molar-refractivity contribution in [1.29, 1.82) is 0 Å². The number of halogens is 1. The summed E-state index contributed by atoms with van der Waals surface area (Å²) in [6, 6.07) is 6.39. The summed E-state index contributed by atoms with van der Waals surface area (Å²) in [5.41, 5.74) is 1.47. The highest BCUT2D eigenvalue weighted by Gasteiger charge is 2.34. The Balaban J connectivity index is 1.40. The molecule has 2 aliphatic rings. The van der Waals surface area contributed by atoms with E-state index in [0.717, 1.165) is 50.9 Å². The van der Waals surface area contributed by atoms with Gasteiger partial charge in [-0.05, 0) is 83.5 Å². The van der Waals surface area contributed by atoms with Crippen LogP contribution in [0.5, 0.6) is 0 Å². The van der Waals surface area contributed by atoms with Gasteiger partial charge >= 0.3 is 6.03 Å². The first-order valence-corrected chi connectivity index (χ1v) is 15.7. The van der Waals surface area contributed by atoms with Crippen molar-refractivity contribution in [2.75, 3.05) is 44.6 Å². The lowest BCUT2D eigenvalue weighted by molar-refractivity contribution is -0.124. The third-order valence-electron chi connectivity index (χ3n) is 7.89. The fourth-order valence-corrected chi connectivity index (χ4v) is 6.99. The SMILES string of the molecule is CC(=O)c1sc(NC(=O)N[C@@H]2CCN(CC(=O)NC(C)(C)C)C[C@@H]2CN2CCC[C@@H](Cc3ccc(F)cc3)C2)nc1C. The molecule has 3 heterocycles. The van der Waals surface area contributed by atoms with Crippen molar-refractivity contribution in [3.8, 4) is 0 Å². The van der Waals surface area contributed by atoms with Crippen molar-refractivity contribution < 1.29 is 18.8 Å². The number of amides is 3. The number of ketones is 1. The predicted molar refractivity (Wildman–Crippen MR) is 165 cm³/mol. The van der Waals surface area contributed by atoms with E-state index in [0.29, 0.717) is 41.3 Å². The van der Waals surface area contributed by atoms with E-state index in [1.165, 1.54) is 30.4 Å². The van der Waals surface area contributed by atoms with Crippen molar-refractivity contribution in [3.63, 3.8) is 0 Å². The standard InChI is InChI=1S/C31H45FN6O3S/c1-20-28(21(2)39)42-30(33-20)35-29(41)34-26-12-14-38(19-27(40)36-31(3,4)5)18-24(26)17-37-13-6-7-23(16-37)15-22-8-10-25(32)11-9-22/h8-11,23-24,26H,6-7,12-19H2,1-5H3,(H,36,40)(H2,33,34,35,41)/t23-,24-,26+/m0/s1. The molecule has 3 N–H and O–H groups in total. The zero-order valence-electron chi connectivity index (χ0n) is 25.5. The lowest BCUT2D eigenvalue weighted by Gasteiger charge is -2.42. The van der Waals surface area contributed by atoms with Crippen molar-refractivity contribution in [2.24, 2.45) is 11.8 Å². The molecule has 2 aromatic rings. The van der Waals surface area contributed by atoms with E-state index < -0.39 is 0 Å². The highest BCUT2D eigenvalue weighted by molar-refractivity contribution is 7.17. The van der Waals surface area contributed by atoms with Crippen molar-refractivity contribution >= 4 is 34.2 Å². The average molecular weight is 601 g/mol. The van der Waals surface area contributed by atoms with Gasteiger partial charge in [-0.25, -0.2) is 14.2 Å². The molecule has 1 aromatic carbocycles. The molecule has 0 bridgehead atoms. The van der Waals surface area contributed by atoms with E-state index in [1.807, 2.05) is 32.9 Å². The number of carbonyl (C=O) groups is 3. The molecule has 0 unspecified atom stereocenters. The Kier molecular flexibility index (Phi) is 10.7. The van der Waals surface area contributed by atoms with Crippen LogP contribution in [0.3, 0.4) is 0 Å². The molecule has 1 aromatic heterocycles. The van der Waals surface area contributed by atoms with Crippen LogP contribution < -0.4 is 16.0 Å². The van der Waals surface area contributed by atoms with Crippen LogP contribution in [0.4, 0.5) is 14.3 Å². The molecule has 0 spiro atoms. The molecule has 2 saturated heterocycles. The topological polar surface area (TPSA) is 107 Å². The second-order valence-electron chi connectivity index (χ2n) is 12.9. The molecule has 0 radical (unpaired) electrons. The van der Waals surface area contributed by atoms with Crippen LogP contribution in [0.1, 0.15) is 67.9 Å². The Morgan fingerprint density at radius 1 is 1.07 bits per heavy atom. The number of anilines is 1. The van der Waals surface area contributed by atoms with Crippen LogP contribution in [-0.4, -0.2) is 83.4 Å². The molecule has 42 heavy (non-hydrogen) atoms. The Bertz CT molecular complexity index is 1240. The number of benzene rings is 1. The monoisotopic (exact) mass is 600 g/mol. The van der Waals surface area contributed by atoms with E-state index >= 15 is 0 Å². The third kappa shape index (κ3) is 9.57. The lowest BCUT2D eigenvalue weighted by Crippen LogP contribution is -2.57. The van der Waals surface area contributed by atoms with Gasteiger partial charge in [-0.2, -0.15) is 0 Å². The first-order valence-electron chi connectivity index (χ1n) is 14.9. The minimum absolute atomic E-state index is 0.00292. The molecule has 3 amide bonds. The molecule has 0 saturated carbocycles. The predicted octanol–water partition coefficient (Wildman–Crippen LogP) is 4.47. The summed E-state index contributed by atoms with van der Waals surface area (Å²) in [6.07, 6.45) is 3.87. The van der Waals surface area contributed by atoms with E-state index in [1.54, 1.807) is 6.92 Å². The number of likely N-dealkylation sites (tertiary alicyclic amines) is 2. The molecule has 9 nitrogen and oxygen atoms in total. The fourth-order valence-electron chi connectivity index (χ4n) is 6.13. The van der Waals surface area contributed by atoms with Crippen LogP contribution in [0.2, 0.25) is 0 Å². The van der Waals surface area contributed by atoms with Gasteiger partial charge in [-0.1, -0.05) is 23.5 Å². The zero-order valence-corrected chi connectivity index (χ0v) is 26.3. The summed E-state index contributed by atoms with van der Waals surface area (Å²) in [5, 5.41) is 9.46. The van der Waals surface area contributed by atoms with Gasteiger partial charge in [0.25, 0.3) is 0 Å². The van der Waals surface area contributed by atoms with Gasteiger partial charge in [0.05, 0.1) is 17.1 Å². The van der Waals surface area contributed by atoms with Crippen molar-refractivity contribution in [3.05, 3.63) is 46.2 Å². The maximum absolute atomic E-state index is 13.4. The number of urea groups is 1. The van der Waals surface area contributed by atoms with Gasteiger partial charge in [0.15, 0.2) is 10.9 Å². The molecule has 2 aliphatic heterocycles. The molecule has 4 rings (SSSR count). The summed E-state index contributed by atoms with van der Waals surface area (Å²) in [7, 11) is 0. The van der Waals surface area contributed by atoms with Crippen molar-refractivity contribution in [1.82, 2.24) is 25.4 Å². The largest absolute Gasteiger partial charge is 0.350 e. The summed E-state index contributed by atoms with van der Waals surface area (Å²) >= 11 is 1.19. The first-order chi connectivity index (χ1) is 19.8. The second kappa shape index (κ2) is 14.1. The fraction of sp³-hybridized carbons (Fsp3) is 0.613. The minimum Gasteiger partial charge on any atom is -0.350 e. The molecule has 2 fully saturated rings. The molecule has 0 aliphatic carbocycles. The third-order valence-corrected chi connectivity index (χ3v) is 9.06. The van der Waals surface area contributed by atoms with Crippen molar-refractivity contribution in [2.45, 2.75) is 71.9 Å². The quantitative estimate of drug-likeness (QED) is 0.367. The van der Waals surface area contributed by atoms with E-state index in [2.05, 4.69) is 30.7 Å². The molecule has 11 heteroatoms. The smallest absolute Gasteiger partial charge is 0.321 e. The summed E-state index contributed by atoms with van der Waals surface area (Å²) in [6.45, 7) is 13.7. The van der Waals surface area contributed by atoms with Gasteiger partial charge in [0.1, 0.15) is 5.82 Å². The molecular weight excluding hydrogens is 555 g/mol. The molecule has 3 atom stereocenters. The van der Waals surface area contributed by atoms with Crippen LogP contribution >= 0.6 is 11.3 Å². The number of hydrogen-bond acceptors (Lipinski definition) is 7. The molecular formula is C31H45FN6O3S. The number of aryl methyl sites for hydroxylation is 1. The number of hydrogen-bond donors (Lipinski definition) is 3. The van der Waals surface area contributed by atoms with Crippen LogP contribution in [0.15, 0.2) is 24.3 Å². The van der Waals surface area contributed by atoms with E-state index in [9.17, 15) is 18.8 Å². The number of piperidine rings is 2. The van der Waals surface area contributed by atoms with E-state index in [-0.39, 0.29) is 41.0 Å². The number of carbonyl (C=O) groups excluding carboxylic acids is 3. The van der Waals surface area contributed by atoms with Crippen LogP contribution in [0.25, 0.3) is 0 Å². The highest BCUT2D eigenvalue weighted by atomic mass is 32.1. The normalized spacial score (nSPS) is 22.0. The highest BCUT2D eigenvalue weighted by Crippen LogP contribution is 2.26. The number of aromatic nitrogens is 1.